The molecule has 2 fully saturated rings. The summed E-state index contributed by atoms with van der Waals surface area (Å²) < 4.78 is 2.01. The van der Waals surface area contributed by atoms with Gasteiger partial charge in [0.2, 0.25) is 0 Å². The average Bonchev–Trinajstić information content (AvgIpc) is 3.02. The minimum absolute atomic E-state index is 0.248. The number of aryl methyl sites for hydroxylation is 1. The van der Waals surface area contributed by atoms with Crippen LogP contribution in [0.25, 0.3) is 5.65 Å². The van der Waals surface area contributed by atoms with Crippen LogP contribution in [0, 0.1) is 18.8 Å². The second-order valence-corrected chi connectivity index (χ2v) is 5.75. The third-order valence-electron chi connectivity index (χ3n) is 4.74. The number of hydrogen-bond acceptors (Lipinski definition) is 4. The summed E-state index contributed by atoms with van der Waals surface area (Å²) in [5, 5.41) is 8.64. The number of hydrogen-bond donors (Lipinski definition) is 1. The molecule has 2 N–H and O–H groups in total. The largest absolute Gasteiger partial charge is 0.327 e. The van der Waals surface area contributed by atoms with Crippen molar-refractivity contribution in [3.8, 4) is 0 Å². The summed E-state index contributed by atoms with van der Waals surface area (Å²) in [5.74, 6) is 2.75. The van der Waals surface area contributed by atoms with Gasteiger partial charge >= 0.3 is 0 Å². The Balaban J connectivity index is 1.83. The van der Waals surface area contributed by atoms with E-state index < -0.39 is 0 Å². The van der Waals surface area contributed by atoms with E-state index in [2.05, 4.69) is 15.2 Å². The van der Waals surface area contributed by atoms with E-state index in [4.69, 9.17) is 5.73 Å². The van der Waals surface area contributed by atoms with Crippen molar-refractivity contribution in [3.05, 3.63) is 23.9 Å². The van der Waals surface area contributed by atoms with Gasteiger partial charge in [-0.15, -0.1) is 10.2 Å². The van der Waals surface area contributed by atoms with Crippen LogP contribution < -0.4 is 5.73 Å². The lowest BCUT2D eigenvalue weighted by Gasteiger charge is -2.26. The SMILES string of the molecule is Cc1cc2nnc(C3C4CCC(C4)C3N)n2cn1. The predicted octanol–water partition coefficient (Wildman–Crippen LogP) is 1.27. The van der Waals surface area contributed by atoms with Crippen molar-refractivity contribution < 1.29 is 0 Å². The van der Waals surface area contributed by atoms with Crippen molar-refractivity contribution in [2.75, 3.05) is 0 Å². The molecule has 2 saturated carbocycles. The molecule has 0 aliphatic heterocycles. The molecule has 2 aliphatic carbocycles. The second kappa shape index (κ2) is 3.51. The van der Waals surface area contributed by atoms with Gasteiger partial charge < -0.3 is 5.73 Å². The van der Waals surface area contributed by atoms with E-state index in [0.717, 1.165) is 17.2 Å². The Kier molecular flexibility index (Phi) is 2.03. The Bertz CT molecular complexity index is 602. The molecular formula is C13H17N5. The Morgan fingerprint density at radius 3 is 2.89 bits per heavy atom. The van der Waals surface area contributed by atoms with Crippen molar-refractivity contribution in [3.63, 3.8) is 0 Å². The minimum Gasteiger partial charge on any atom is -0.327 e. The van der Waals surface area contributed by atoms with E-state index in [-0.39, 0.29) is 6.04 Å². The number of nitrogens with two attached hydrogens (primary N) is 1. The number of nitrogens with zero attached hydrogens (tertiary/aromatic N) is 4. The minimum atomic E-state index is 0.248. The van der Waals surface area contributed by atoms with E-state index in [0.29, 0.717) is 17.8 Å². The summed E-state index contributed by atoms with van der Waals surface area (Å²) in [5.41, 5.74) is 8.23. The van der Waals surface area contributed by atoms with Gasteiger partial charge in [0.05, 0.1) is 0 Å². The maximum atomic E-state index is 6.37. The van der Waals surface area contributed by atoms with Crippen LogP contribution in [0.2, 0.25) is 0 Å². The summed E-state index contributed by atoms with van der Waals surface area (Å²) in [7, 11) is 0. The van der Waals surface area contributed by atoms with E-state index in [1.165, 1.54) is 19.3 Å². The van der Waals surface area contributed by atoms with Gasteiger partial charge in [0.25, 0.3) is 0 Å². The first-order chi connectivity index (χ1) is 8.74. The predicted molar refractivity (Wildman–Crippen MR) is 67.1 cm³/mol. The van der Waals surface area contributed by atoms with E-state index in [1.807, 2.05) is 23.7 Å². The van der Waals surface area contributed by atoms with Gasteiger partial charge in [-0.3, -0.25) is 4.40 Å². The molecule has 2 aromatic rings. The molecule has 5 heteroatoms. The maximum absolute atomic E-state index is 6.37. The van der Waals surface area contributed by atoms with Gasteiger partial charge in [-0.1, -0.05) is 0 Å². The van der Waals surface area contributed by atoms with Crippen LogP contribution in [-0.4, -0.2) is 25.6 Å². The normalized spacial score (nSPS) is 34.6. The van der Waals surface area contributed by atoms with Crippen LogP contribution >= 0.6 is 0 Å². The van der Waals surface area contributed by atoms with Gasteiger partial charge in [-0.25, -0.2) is 4.98 Å². The molecule has 4 rings (SSSR count). The Morgan fingerprint density at radius 1 is 1.28 bits per heavy atom. The van der Waals surface area contributed by atoms with Gasteiger partial charge in [0, 0.05) is 23.7 Å². The highest BCUT2D eigenvalue weighted by Gasteiger charge is 2.48. The fourth-order valence-corrected chi connectivity index (χ4v) is 3.85. The quantitative estimate of drug-likeness (QED) is 0.819. The van der Waals surface area contributed by atoms with Crippen molar-refractivity contribution in [2.24, 2.45) is 17.6 Å². The van der Waals surface area contributed by atoms with Gasteiger partial charge in [-0.2, -0.15) is 0 Å². The van der Waals surface area contributed by atoms with Crippen LogP contribution in [0.3, 0.4) is 0 Å². The third-order valence-corrected chi connectivity index (χ3v) is 4.74. The average molecular weight is 243 g/mol. The van der Waals surface area contributed by atoms with Gasteiger partial charge in [0.15, 0.2) is 5.65 Å². The first-order valence-corrected chi connectivity index (χ1v) is 6.67. The molecule has 2 aliphatic rings. The second-order valence-electron chi connectivity index (χ2n) is 5.75. The maximum Gasteiger partial charge on any atom is 0.163 e. The van der Waals surface area contributed by atoms with Crippen LogP contribution in [0.4, 0.5) is 0 Å². The molecule has 94 valence electrons. The van der Waals surface area contributed by atoms with Crippen molar-refractivity contribution >= 4 is 5.65 Å². The summed E-state index contributed by atoms with van der Waals surface area (Å²) in [6.45, 7) is 1.97. The molecule has 4 unspecified atom stereocenters. The molecule has 2 heterocycles. The van der Waals surface area contributed by atoms with Crippen LogP contribution in [0.15, 0.2) is 12.4 Å². The fraction of sp³-hybridized carbons (Fsp3) is 0.615. The smallest absolute Gasteiger partial charge is 0.163 e. The molecule has 0 saturated heterocycles. The lowest BCUT2D eigenvalue weighted by Crippen LogP contribution is -2.35. The highest BCUT2D eigenvalue weighted by molar-refractivity contribution is 5.39. The molecule has 18 heavy (non-hydrogen) atoms. The molecule has 2 aromatic heterocycles. The Hall–Kier alpha value is -1.49. The first kappa shape index (κ1) is 10.4. The Morgan fingerprint density at radius 2 is 2.11 bits per heavy atom. The summed E-state index contributed by atoms with van der Waals surface area (Å²) in [6, 6.07) is 2.22. The standard InChI is InChI=1S/C13H17N5/c1-7-4-10-16-17-13(18(10)6-15-7)11-8-2-3-9(5-8)12(11)14/h4,6,8-9,11-12H,2-3,5,14H2,1H3. The molecule has 0 amide bonds. The molecule has 0 spiro atoms. The highest BCUT2D eigenvalue weighted by Crippen LogP contribution is 2.51. The van der Waals surface area contributed by atoms with Crippen LogP contribution in [-0.2, 0) is 0 Å². The zero-order chi connectivity index (χ0) is 12.3. The highest BCUT2D eigenvalue weighted by atomic mass is 15.3. The fourth-order valence-electron chi connectivity index (χ4n) is 3.85. The van der Waals surface area contributed by atoms with E-state index in [9.17, 15) is 0 Å². The molecule has 5 nitrogen and oxygen atoms in total. The molecule has 2 bridgehead atoms. The Labute approximate surface area is 105 Å². The number of rotatable bonds is 1. The van der Waals surface area contributed by atoms with E-state index >= 15 is 0 Å². The number of fused-ring (bicyclic) bond motifs is 3. The molecular weight excluding hydrogens is 226 g/mol. The lowest BCUT2D eigenvalue weighted by atomic mass is 9.84. The molecule has 0 aromatic carbocycles. The molecule has 4 atom stereocenters. The first-order valence-electron chi connectivity index (χ1n) is 6.67. The zero-order valence-corrected chi connectivity index (χ0v) is 10.5. The van der Waals surface area contributed by atoms with Crippen molar-refractivity contribution in [1.82, 2.24) is 19.6 Å². The summed E-state index contributed by atoms with van der Waals surface area (Å²) >= 11 is 0. The van der Waals surface area contributed by atoms with Gasteiger partial charge in [-0.05, 0) is 38.0 Å². The van der Waals surface area contributed by atoms with Crippen molar-refractivity contribution in [2.45, 2.75) is 38.1 Å². The van der Waals surface area contributed by atoms with E-state index in [1.54, 1.807) is 0 Å². The molecule has 0 radical (unpaired) electrons. The third kappa shape index (κ3) is 1.28. The lowest BCUT2D eigenvalue weighted by molar-refractivity contribution is 0.352. The topological polar surface area (TPSA) is 69.1 Å². The van der Waals surface area contributed by atoms with Crippen LogP contribution in [0.5, 0.6) is 0 Å². The van der Waals surface area contributed by atoms with Gasteiger partial charge in [0.1, 0.15) is 12.2 Å². The number of aromatic nitrogens is 4. The zero-order valence-electron chi connectivity index (χ0n) is 10.5. The summed E-state index contributed by atoms with van der Waals surface area (Å²) in [6.07, 6.45) is 5.67. The van der Waals surface area contributed by atoms with Crippen LogP contribution in [0.1, 0.15) is 36.7 Å². The monoisotopic (exact) mass is 243 g/mol. The van der Waals surface area contributed by atoms with Crippen molar-refractivity contribution in [1.29, 1.82) is 0 Å². The summed E-state index contributed by atoms with van der Waals surface area (Å²) in [4.78, 5) is 4.34.